The van der Waals surface area contributed by atoms with Gasteiger partial charge in [-0.15, -0.1) is 0 Å². The highest BCUT2D eigenvalue weighted by molar-refractivity contribution is 5.51. The molecule has 2 aliphatic carbocycles. The lowest BCUT2D eigenvalue weighted by molar-refractivity contribution is 0.173. The van der Waals surface area contributed by atoms with Gasteiger partial charge >= 0.3 is 0 Å². The van der Waals surface area contributed by atoms with Crippen molar-refractivity contribution < 1.29 is 14.2 Å². The lowest BCUT2D eigenvalue weighted by Crippen LogP contribution is -2.19. The molecular weight excluding hydrogens is 254 g/mol. The van der Waals surface area contributed by atoms with Crippen LogP contribution in [-0.2, 0) is 6.54 Å². The van der Waals surface area contributed by atoms with Gasteiger partial charge in [-0.1, -0.05) is 6.42 Å². The topological polar surface area (TPSA) is 53.7 Å². The number of ether oxygens (including phenoxy) is 3. The SMILES string of the molecule is NCc1cc2c(cc1OCC1CC3CCC1C3)OCO2. The summed E-state index contributed by atoms with van der Waals surface area (Å²) in [6, 6.07) is 3.87. The summed E-state index contributed by atoms with van der Waals surface area (Å²) in [5.41, 5.74) is 6.81. The van der Waals surface area contributed by atoms with E-state index in [4.69, 9.17) is 19.9 Å². The molecule has 108 valence electrons. The second-order valence-corrected chi connectivity index (χ2v) is 6.26. The van der Waals surface area contributed by atoms with Crippen LogP contribution in [0.15, 0.2) is 12.1 Å². The first-order chi connectivity index (χ1) is 9.83. The Kier molecular flexibility index (Phi) is 2.99. The summed E-state index contributed by atoms with van der Waals surface area (Å²) in [5, 5.41) is 0. The quantitative estimate of drug-likeness (QED) is 0.918. The fourth-order valence-corrected chi connectivity index (χ4v) is 4.04. The molecule has 1 aliphatic heterocycles. The van der Waals surface area contributed by atoms with E-state index in [1.165, 1.54) is 25.7 Å². The minimum absolute atomic E-state index is 0.287. The van der Waals surface area contributed by atoms with Crippen LogP contribution >= 0.6 is 0 Å². The number of hydrogen-bond acceptors (Lipinski definition) is 4. The zero-order chi connectivity index (χ0) is 13.5. The second-order valence-electron chi connectivity index (χ2n) is 6.26. The standard InChI is InChI=1S/C16H21NO3/c17-7-12-5-15-16(20-9-19-15)6-14(12)18-8-13-4-10-1-2-11(13)3-10/h5-6,10-11,13H,1-4,7-9,17H2. The molecule has 2 saturated carbocycles. The molecular formula is C16H21NO3. The van der Waals surface area contributed by atoms with Gasteiger partial charge in [0.2, 0.25) is 6.79 Å². The van der Waals surface area contributed by atoms with E-state index in [0.717, 1.165) is 47.2 Å². The van der Waals surface area contributed by atoms with E-state index in [1.54, 1.807) is 0 Å². The molecule has 3 atom stereocenters. The normalized spacial score (nSPS) is 29.9. The van der Waals surface area contributed by atoms with Crippen LogP contribution in [0.25, 0.3) is 0 Å². The Morgan fingerprint density at radius 2 is 2.00 bits per heavy atom. The van der Waals surface area contributed by atoms with Crippen molar-refractivity contribution in [2.24, 2.45) is 23.5 Å². The van der Waals surface area contributed by atoms with Crippen LogP contribution in [0.5, 0.6) is 17.2 Å². The Morgan fingerprint density at radius 3 is 2.70 bits per heavy atom. The summed E-state index contributed by atoms with van der Waals surface area (Å²) in [5.74, 6) is 4.97. The molecule has 1 aromatic carbocycles. The van der Waals surface area contributed by atoms with Crippen molar-refractivity contribution >= 4 is 0 Å². The average Bonchev–Trinajstić information content (AvgIpc) is 3.19. The van der Waals surface area contributed by atoms with Crippen LogP contribution in [-0.4, -0.2) is 13.4 Å². The van der Waals surface area contributed by atoms with Gasteiger partial charge in [-0.25, -0.2) is 0 Å². The van der Waals surface area contributed by atoms with Gasteiger partial charge in [0.1, 0.15) is 5.75 Å². The summed E-state index contributed by atoms with van der Waals surface area (Å²) in [7, 11) is 0. The van der Waals surface area contributed by atoms with Gasteiger partial charge in [0.15, 0.2) is 11.5 Å². The maximum absolute atomic E-state index is 6.07. The highest BCUT2D eigenvalue weighted by Gasteiger charge is 2.39. The summed E-state index contributed by atoms with van der Waals surface area (Å²) < 4.78 is 16.9. The van der Waals surface area contributed by atoms with Gasteiger partial charge in [-0.05, 0) is 43.1 Å². The molecule has 1 aromatic rings. The Hall–Kier alpha value is -1.42. The number of fused-ring (bicyclic) bond motifs is 3. The second kappa shape index (κ2) is 4.85. The van der Waals surface area contributed by atoms with E-state index >= 15 is 0 Å². The van der Waals surface area contributed by atoms with Crippen LogP contribution in [0.4, 0.5) is 0 Å². The van der Waals surface area contributed by atoms with Gasteiger partial charge in [-0.2, -0.15) is 0 Å². The third-order valence-corrected chi connectivity index (χ3v) is 5.11. The van der Waals surface area contributed by atoms with Gasteiger partial charge < -0.3 is 19.9 Å². The average molecular weight is 275 g/mol. The van der Waals surface area contributed by atoms with Crippen molar-refractivity contribution in [1.29, 1.82) is 0 Å². The molecule has 4 nitrogen and oxygen atoms in total. The summed E-state index contributed by atoms with van der Waals surface area (Å²) in [4.78, 5) is 0. The summed E-state index contributed by atoms with van der Waals surface area (Å²) in [6.07, 6.45) is 5.58. The molecule has 2 N–H and O–H groups in total. The molecule has 2 fully saturated rings. The monoisotopic (exact) mass is 275 g/mol. The zero-order valence-electron chi connectivity index (χ0n) is 11.6. The van der Waals surface area contributed by atoms with Crippen LogP contribution in [0.2, 0.25) is 0 Å². The fourth-order valence-electron chi connectivity index (χ4n) is 4.04. The molecule has 3 unspecified atom stereocenters. The highest BCUT2D eigenvalue weighted by Crippen LogP contribution is 2.48. The lowest BCUT2D eigenvalue weighted by Gasteiger charge is -2.22. The zero-order valence-corrected chi connectivity index (χ0v) is 11.6. The molecule has 4 heteroatoms. The Labute approximate surface area is 119 Å². The molecule has 0 amide bonds. The predicted molar refractivity (Wildman–Crippen MR) is 74.9 cm³/mol. The third kappa shape index (κ3) is 2.03. The lowest BCUT2D eigenvalue weighted by atomic mass is 9.89. The number of hydrogen-bond donors (Lipinski definition) is 1. The van der Waals surface area contributed by atoms with E-state index in [2.05, 4.69) is 0 Å². The molecule has 20 heavy (non-hydrogen) atoms. The minimum Gasteiger partial charge on any atom is -0.493 e. The Balaban J connectivity index is 1.48. The first kappa shape index (κ1) is 12.3. The largest absolute Gasteiger partial charge is 0.493 e. The highest BCUT2D eigenvalue weighted by atomic mass is 16.7. The fraction of sp³-hybridized carbons (Fsp3) is 0.625. The molecule has 3 aliphatic rings. The maximum atomic E-state index is 6.07. The van der Waals surface area contributed by atoms with Gasteiger partial charge in [0.05, 0.1) is 6.61 Å². The number of rotatable bonds is 4. The van der Waals surface area contributed by atoms with Crippen LogP contribution in [0, 0.1) is 17.8 Å². The first-order valence-corrected chi connectivity index (χ1v) is 7.59. The van der Waals surface area contributed by atoms with Crippen LogP contribution in [0.1, 0.15) is 31.2 Å². The van der Waals surface area contributed by atoms with Gasteiger partial charge in [0.25, 0.3) is 0 Å². The van der Waals surface area contributed by atoms with Crippen molar-refractivity contribution in [2.45, 2.75) is 32.2 Å². The van der Waals surface area contributed by atoms with E-state index in [-0.39, 0.29) is 6.79 Å². The molecule has 0 radical (unpaired) electrons. The Morgan fingerprint density at radius 1 is 1.15 bits per heavy atom. The van der Waals surface area contributed by atoms with Crippen molar-refractivity contribution in [3.05, 3.63) is 17.7 Å². The molecule has 4 rings (SSSR count). The minimum atomic E-state index is 0.287. The smallest absolute Gasteiger partial charge is 0.231 e. The van der Waals surface area contributed by atoms with E-state index in [1.807, 2.05) is 12.1 Å². The number of benzene rings is 1. The van der Waals surface area contributed by atoms with Crippen LogP contribution < -0.4 is 19.9 Å². The predicted octanol–water partition coefficient (Wildman–Crippen LogP) is 2.69. The van der Waals surface area contributed by atoms with Crippen molar-refractivity contribution in [1.82, 2.24) is 0 Å². The van der Waals surface area contributed by atoms with E-state index in [9.17, 15) is 0 Å². The van der Waals surface area contributed by atoms with E-state index < -0.39 is 0 Å². The summed E-state index contributed by atoms with van der Waals surface area (Å²) in [6.45, 7) is 1.56. The third-order valence-electron chi connectivity index (χ3n) is 5.11. The maximum Gasteiger partial charge on any atom is 0.231 e. The number of nitrogens with two attached hydrogens (primary N) is 1. The van der Waals surface area contributed by atoms with Gasteiger partial charge in [0, 0.05) is 18.2 Å². The van der Waals surface area contributed by atoms with Gasteiger partial charge in [-0.3, -0.25) is 0 Å². The molecule has 0 spiro atoms. The van der Waals surface area contributed by atoms with E-state index in [0.29, 0.717) is 6.54 Å². The van der Waals surface area contributed by atoms with Crippen molar-refractivity contribution in [2.75, 3.05) is 13.4 Å². The first-order valence-electron chi connectivity index (χ1n) is 7.59. The van der Waals surface area contributed by atoms with Crippen molar-refractivity contribution in [3.63, 3.8) is 0 Å². The summed E-state index contributed by atoms with van der Waals surface area (Å²) >= 11 is 0. The Bertz CT molecular complexity index is 517. The molecule has 0 aromatic heterocycles. The van der Waals surface area contributed by atoms with Crippen LogP contribution in [0.3, 0.4) is 0 Å². The molecule has 0 saturated heterocycles. The molecule has 2 bridgehead atoms. The van der Waals surface area contributed by atoms with Crippen molar-refractivity contribution in [3.8, 4) is 17.2 Å². The molecule has 1 heterocycles.